The molecule has 0 fully saturated rings. The molecule has 94 valence electrons. The van der Waals surface area contributed by atoms with Crippen LogP contribution in [0.15, 0.2) is 52.8 Å². The molecule has 3 nitrogen and oxygen atoms in total. The van der Waals surface area contributed by atoms with Crippen molar-refractivity contribution in [2.45, 2.75) is 13.8 Å². The maximum absolute atomic E-state index is 11.6. The van der Waals surface area contributed by atoms with Gasteiger partial charge < -0.3 is 5.11 Å². The van der Waals surface area contributed by atoms with Gasteiger partial charge in [-0.3, -0.25) is 4.79 Å². The van der Waals surface area contributed by atoms with Gasteiger partial charge in [0.15, 0.2) is 5.76 Å². The van der Waals surface area contributed by atoms with Crippen LogP contribution in [0, 0.1) is 11.3 Å². The number of Topliss-reactive ketones (excluding diaryl/α,β-unsaturated/α-hetero) is 1. The lowest BCUT2D eigenvalue weighted by molar-refractivity contribution is -0.114. The molecule has 0 bridgehead atoms. The highest BCUT2D eigenvalue weighted by Crippen LogP contribution is 2.26. The van der Waals surface area contributed by atoms with Crippen LogP contribution in [0.5, 0.6) is 0 Å². The largest absolute Gasteiger partial charge is 0.504 e. The summed E-state index contributed by atoms with van der Waals surface area (Å²) in [7, 11) is 0. The first-order valence-corrected chi connectivity index (χ1v) is 5.88. The predicted molar refractivity (Wildman–Crippen MR) is 73.2 cm³/mol. The van der Waals surface area contributed by atoms with E-state index in [0.717, 1.165) is 11.1 Å². The van der Waals surface area contributed by atoms with E-state index in [9.17, 15) is 9.90 Å². The van der Waals surface area contributed by atoms with Gasteiger partial charge in [-0.2, -0.15) is 5.26 Å². The second kappa shape index (κ2) is 4.95. The number of aliphatic hydroxyl groups is 1. The van der Waals surface area contributed by atoms with E-state index in [2.05, 4.69) is 6.07 Å². The molecule has 0 spiro atoms. The summed E-state index contributed by atoms with van der Waals surface area (Å²) in [5.74, 6) is -0.519. The van der Waals surface area contributed by atoms with Crippen molar-refractivity contribution in [2.75, 3.05) is 0 Å². The third kappa shape index (κ3) is 2.48. The molecule has 3 heteroatoms. The van der Waals surface area contributed by atoms with Gasteiger partial charge in [-0.1, -0.05) is 12.1 Å². The quantitative estimate of drug-likeness (QED) is 0.833. The molecule has 1 aliphatic carbocycles. The lowest BCUT2D eigenvalue weighted by Gasteiger charge is -2.14. The Morgan fingerprint density at radius 2 is 1.84 bits per heavy atom. The van der Waals surface area contributed by atoms with Crippen molar-refractivity contribution < 1.29 is 9.90 Å². The van der Waals surface area contributed by atoms with E-state index >= 15 is 0 Å². The van der Waals surface area contributed by atoms with Crippen LogP contribution in [0.4, 0.5) is 0 Å². The molecule has 1 N–H and O–H groups in total. The summed E-state index contributed by atoms with van der Waals surface area (Å²) in [4.78, 5) is 11.6. The van der Waals surface area contributed by atoms with E-state index < -0.39 is 0 Å². The average molecular weight is 251 g/mol. The van der Waals surface area contributed by atoms with Gasteiger partial charge in [0.1, 0.15) is 0 Å². The van der Waals surface area contributed by atoms with E-state index in [4.69, 9.17) is 5.26 Å². The van der Waals surface area contributed by atoms with E-state index in [1.165, 1.54) is 0 Å². The molecule has 19 heavy (non-hydrogen) atoms. The third-order valence-electron chi connectivity index (χ3n) is 3.10. The fourth-order valence-corrected chi connectivity index (χ4v) is 1.88. The zero-order chi connectivity index (χ0) is 14.0. The molecule has 0 aliphatic heterocycles. The zero-order valence-corrected chi connectivity index (χ0v) is 10.8. The van der Waals surface area contributed by atoms with E-state index in [1.807, 2.05) is 18.2 Å². The summed E-state index contributed by atoms with van der Waals surface area (Å²) < 4.78 is 0. The molecule has 1 aromatic rings. The minimum atomic E-state index is -0.325. The molecular formula is C16H13NO2. The highest BCUT2D eigenvalue weighted by Gasteiger charge is 2.20. The number of nitrogens with zero attached hydrogens (tertiary/aromatic N) is 1. The summed E-state index contributed by atoms with van der Waals surface area (Å²) in [6.07, 6.45) is 3.64. The molecule has 0 aromatic heterocycles. The highest BCUT2D eigenvalue weighted by molar-refractivity contribution is 6.09. The predicted octanol–water partition coefficient (Wildman–Crippen LogP) is 3.30. The van der Waals surface area contributed by atoms with Crippen LogP contribution < -0.4 is 0 Å². The Morgan fingerprint density at radius 1 is 1.21 bits per heavy atom. The van der Waals surface area contributed by atoms with E-state index in [-0.39, 0.29) is 11.5 Å². The Bertz CT molecular complexity index is 668. The Labute approximate surface area is 111 Å². The van der Waals surface area contributed by atoms with Crippen LogP contribution in [-0.2, 0) is 4.79 Å². The second-order valence-electron chi connectivity index (χ2n) is 4.46. The van der Waals surface area contributed by atoms with Crippen molar-refractivity contribution >= 4 is 11.9 Å². The molecule has 0 saturated carbocycles. The van der Waals surface area contributed by atoms with E-state index in [0.29, 0.717) is 16.7 Å². The van der Waals surface area contributed by atoms with Gasteiger partial charge >= 0.3 is 0 Å². The van der Waals surface area contributed by atoms with Crippen molar-refractivity contribution in [1.29, 1.82) is 5.26 Å². The maximum Gasteiger partial charge on any atom is 0.223 e. The first-order chi connectivity index (χ1) is 9.02. The number of benzene rings is 1. The molecule has 0 unspecified atom stereocenters. The van der Waals surface area contributed by atoms with Crippen molar-refractivity contribution in [3.63, 3.8) is 0 Å². The second-order valence-corrected chi connectivity index (χ2v) is 4.46. The number of rotatable bonds is 1. The summed E-state index contributed by atoms with van der Waals surface area (Å²) >= 11 is 0. The smallest absolute Gasteiger partial charge is 0.223 e. The van der Waals surface area contributed by atoms with Gasteiger partial charge in [-0.25, -0.2) is 0 Å². The summed E-state index contributed by atoms with van der Waals surface area (Å²) in [6, 6.07) is 9.18. The highest BCUT2D eigenvalue weighted by atomic mass is 16.3. The first-order valence-electron chi connectivity index (χ1n) is 5.88. The molecular weight excluding hydrogens is 238 g/mol. The van der Waals surface area contributed by atoms with E-state index in [1.54, 1.807) is 32.1 Å². The lowest BCUT2D eigenvalue weighted by atomic mass is 9.92. The fourth-order valence-electron chi connectivity index (χ4n) is 1.88. The zero-order valence-electron chi connectivity index (χ0n) is 10.8. The fraction of sp³-hybridized carbons (Fsp3) is 0.125. The van der Waals surface area contributed by atoms with Gasteiger partial charge in [0.2, 0.25) is 5.78 Å². The standard InChI is InChI=1S/C16H13NO2/c1-10-7-14(11(2)16(19)15(10)18)8-12-3-5-13(9-17)6-4-12/h3-8,19H,1-2H3/b14-8-. The molecule has 1 aromatic carbocycles. The molecule has 0 heterocycles. The summed E-state index contributed by atoms with van der Waals surface area (Å²) in [5, 5.41) is 18.5. The maximum atomic E-state index is 11.6. The van der Waals surface area contributed by atoms with Crippen LogP contribution in [0.1, 0.15) is 25.0 Å². The monoisotopic (exact) mass is 251 g/mol. The number of ketones is 1. The van der Waals surface area contributed by atoms with Gasteiger partial charge in [0.05, 0.1) is 11.6 Å². The van der Waals surface area contributed by atoms with Gasteiger partial charge in [-0.15, -0.1) is 0 Å². The van der Waals surface area contributed by atoms with Crippen LogP contribution >= 0.6 is 0 Å². The average Bonchev–Trinajstić information content (AvgIpc) is 2.43. The lowest BCUT2D eigenvalue weighted by Crippen LogP contribution is -2.11. The van der Waals surface area contributed by atoms with Crippen LogP contribution in [0.3, 0.4) is 0 Å². The number of carbonyl (C=O) groups is 1. The minimum Gasteiger partial charge on any atom is -0.504 e. The van der Waals surface area contributed by atoms with Crippen LogP contribution in [0.2, 0.25) is 0 Å². The van der Waals surface area contributed by atoms with Crippen molar-refractivity contribution in [1.82, 2.24) is 0 Å². The van der Waals surface area contributed by atoms with Crippen LogP contribution in [-0.4, -0.2) is 10.9 Å². The number of hydrogen-bond donors (Lipinski definition) is 1. The molecule has 2 rings (SSSR count). The third-order valence-corrected chi connectivity index (χ3v) is 3.10. The van der Waals surface area contributed by atoms with Crippen molar-refractivity contribution in [3.05, 3.63) is 63.9 Å². The number of aliphatic hydroxyl groups excluding tert-OH is 1. The van der Waals surface area contributed by atoms with Crippen LogP contribution in [0.25, 0.3) is 6.08 Å². The molecule has 1 aliphatic rings. The molecule has 0 atom stereocenters. The number of allylic oxidation sites excluding steroid dienone is 4. The van der Waals surface area contributed by atoms with Crippen molar-refractivity contribution in [3.8, 4) is 6.07 Å². The minimum absolute atomic E-state index is 0.195. The topological polar surface area (TPSA) is 61.1 Å². The number of carbonyl (C=O) groups excluding carboxylic acids is 1. The Balaban J connectivity index is 2.43. The molecule has 0 amide bonds. The van der Waals surface area contributed by atoms with Gasteiger partial charge in [0.25, 0.3) is 0 Å². The summed E-state index contributed by atoms with van der Waals surface area (Å²) in [5.41, 5.74) is 3.41. The summed E-state index contributed by atoms with van der Waals surface area (Å²) in [6.45, 7) is 3.39. The molecule has 0 radical (unpaired) electrons. The first kappa shape index (κ1) is 12.8. The SMILES string of the molecule is CC1=C/C(=C/c2ccc(C#N)cc2)C(C)=C(O)C1=O. The Hall–Kier alpha value is -2.60. The number of nitriles is 1. The molecule has 0 saturated heterocycles. The van der Waals surface area contributed by atoms with Gasteiger partial charge in [-0.05, 0) is 49.3 Å². The van der Waals surface area contributed by atoms with Crippen molar-refractivity contribution in [2.24, 2.45) is 0 Å². The normalized spacial score (nSPS) is 17.4. The Kier molecular flexibility index (Phi) is 3.35. The Morgan fingerprint density at radius 3 is 2.42 bits per heavy atom. The number of hydrogen-bond acceptors (Lipinski definition) is 3. The van der Waals surface area contributed by atoms with Gasteiger partial charge in [0, 0.05) is 11.1 Å².